The molecule has 19 heavy (non-hydrogen) atoms. The van der Waals surface area contributed by atoms with E-state index in [1.165, 1.54) is 32.4 Å². The molecule has 1 N–H and O–H groups in total. The summed E-state index contributed by atoms with van der Waals surface area (Å²) < 4.78 is 0. The Kier molecular flexibility index (Phi) is 7.38. The van der Waals surface area contributed by atoms with Gasteiger partial charge in [-0.2, -0.15) is 0 Å². The van der Waals surface area contributed by atoms with Crippen LogP contribution in [-0.4, -0.2) is 37.6 Å². The number of hydrogen-bond donors (Lipinski definition) is 1. The molecule has 1 rings (SSSR count). The third kappa shape index (κ3) is 5.43. The molecule has 5 atom stereocenters. The highest BCUT2D eigenvalue weighted by atomic mass is 15.1. The van der Waals surface area contributed by atoms with Gasteiger partial charge < -0.3 is 10.2 Å². The Balaban J connectivity index is 2.55. The van der Waals surface area contributed by atoms with Crippen molar-refractivity contribution in [1.82, 2.24) is 10.2 Å². The first kappa shape index (κ1) is 17.0. The van der Waals surface area contributed by atoms with Gasteiger partial charge in [-0.05, 0) is 50.1 Å². The lowest BCUT2D eigenvalue weighted by atomic mass is 9.72. The first-order chi connectivity index (χ1) is 8.97. The van der Waals surface area contributed by atoms with Crippen molar-refractivity contribution in [2.45, 2.75) is 59.9 Å². The van der Waals surface area contributed by atoms with Crippen LogP contribution in [0.25, 0.3) is 0 Å². The topological polar surface area (TPSA) is 15.3 Å². The minimum absolute atomic E-state index is 0.725. The fraction of sp³-hybridized carbons (Fsp3) is 1.00. The first-order valence-electron chi connectivity index (χ1n) is 8.39. The van der Waals surface area contributed by atoms with Crippen molar-refractivity contribution in [3.8, 4) is 0 Å². The molecule has 1 aliphatic rings. The van der Waals surface area contributed by atoms with Crippen molar-refractivity contribution in [2.75, 3.05) is 26.7 Å². The first-order valence-corrected chi connectivity index (χ1v) is 8.39. The molecule has 5 unspecified atom stereocenters. The second-order valence-corrected chi connectivity index (χ2v) is 7.12. The van der Waals surface area contributed by atoms with Crippen LogP contribution in [0.5, 0.6) is 0 Å². The summed E-state index contributed by atoms with van der Waals surface area (Å²) in [4.78, 5) is 2.57. The molecule has 0 aliphatic heterocycles. The highest BCUT2D eigenvalue weighted by molar-refractivity contribution is 4.88. The molecule has 0 aromatic carbocycles. The molecule has 2 heteroatoms. The number of rotatable bonds is 7. The van der Waals surface area contributed by atoms with E-state index in [9.17, 15) is 0 Å². The highest BCUT2D eigenvalue weighted by Crippen LogP contribution is 2.34. The maximum absolute atomic E-state index is 3.74. The van der Waals surface area contributed by atoms with Crippen molar-refractivity contribution in [2.24, 2.45) is 23.7 Å². The van der Waals surface area contributed by atoms with Crippen LogP contribution in [0.3, 0.4) is 0 Å². The maximum atomic E-state index is 3.74. The Labute approximate surface area is 121 Å². The third-order valence-electron chi connectivity index (χ3n) is 4.99. The largest absolute Gasteiger partial charge is 0.314 e. The second kappa shape index (κ2) is 8.26. The van der Waals surface area contributed by atoms with Gasteiger partial charge in [0.25, 0.3) is 0 Å². The van der Waals surface area contributed by atoms with Crippen LogP contribution in [-0.2, 0) is 0 Å². The van der Waals surface area contributed by atoms with Crippen LogP contribution in [0.2, 0.25) is 0 Å². The zero-order valence-electron chi connectivity index (χ0n) is 14.1. The van der Waals surface area contributed by atoms with Crippen molar-refractivity contribution >= 4 is 0 Å². The molecule has 0 aromatic rings. The Morgan fingerprint density at radius 2 is 1.89 bits per heavy atom. The van der Waals surface area contributed by atoms with Crippen LogP contribution in [0, 0.1) is 23.7 Å². The summed E-state index contributed by atoms with van der Waals surface area (Å²) in [5, 5.41) is 3.74. The van der Waals surface area contributed by atoms with Gasteiger partial charge in [0.2, 0.25) is 0 Å². The Hall–Kier alpha value is -0.0800. The van der Waals surface area contributed by atoms with Gasteiger partial charge in [0, 0.05) is 19.1 Å². The van der Waals surface area contributed by atoms with Gasteiger partial charge in [-0.1, -0.05) is 41.0 Å². The van der Waals surface area contributed by atoms with E-state index in [1.54, 1.807) is 0 Å². The predicted molar refractivity (Wildman–Crippen MR) is 85.5 cm³/mol. The van der Waals surface area contributed by atoms with Crippen molar-refractivity contribution in [3.05, 3.63) is 0 Å². The van der Waals surface area contributed by atoms with Crippen molar-refractivity contribution in [3.63, 3.8) is 0 Å². The maximum Gasteiger partial charge on any atom is 0.0112 e. The van der Waals surface area contributed by atoms with Gasteiger partial charge in [-0.25, -0.2) is 0 Å². The van der Waals surface area contributed by atoms with E-state index >= 15 is 0 Å². The summed E-state index contributed by atoms with van der Waals surface area (Å²) in [6.45, 7) is 15.4. The second-order valence-electron chi connectivity index (χ2n) is 7.12. The lowest BCUT2D eigenvalue weighted by Gasteiger charge is -2.42. The molecule has 1 aliphatic carbocycles. The lowest BCUT2D eigenvalue weighted by molar-refractivity contribution is 0.106. The van der Waals surface area contributed by atoms with E-state index in [-0.39, 0.29) is 0 Å². The minimum atomic E-state index is 0.725. The summed E-state index contributed by atoms with van der Waals surface area (Å²) in [6.07, 6.45) is 4.06. The molecule has 114 valence electrons. The zero-order chi connectivity index (χ0) is 14.4. The number of nitrogens with one attached hydrogen (secondary N) is 1. The Morgan fingerprint density at radius 1 is 1.21 bits per heavy atom. The highest BCUT2D eigenvalue weighted by Gasteiger charge is 2.33. The molecule has 1 saturated carbocycles. The van der Waals surface area contributed by atoms with Crippen molar-refractivity contribution in [1.29, 1.82) is 0 Å². The van der Waals surface area contributed by atoms with Crippen LogP contribution >= 0.6 is 0 Å². The van der Waals surface area contributed by atoms with Crippen LogP contribution < -0.4 is 5.32 Å². The lowest BCUT2D eigenvalue weighted by Crippen LogP contribution is -2.48. The van der Waals surface area contributed by atoms with E-state index in [1.807, 2.05) is 0 Å². The zero-order valence-corrected chi connectivity index (χ0v) is 14.1. The van der Waals surface area contributed by atoms with Crippen LogP contribution in [0.1, 0.15) is 53.9 Å². The molecule has 0 aromatic heterocycles. The quantitative estimate of drug-likeness (QED) is 0.758. The summed E-state index contributed by atoms with van der Waals surface area (Å²) in [7, 11) is 2.31. The molecule has 0 spiro atoms. The average Bonchev–Trinajstić information content (AvgIpc) is 2.33. The number of nitrogens with zero attached hydrogens (tertiary/aromatic N) is 1. The summed E-state index contributed by atoms with van der Waals surface area (Å²) in [5.41, 5.74) is 0. The van der Waals surface area contributed by atoms with Crippen LogP contribution in [0.4, 0.5) is 0 Å². The Bertz CT molecular complexity index is 241. The van der Waals surface area contributed by atoms with Gasteiger partial charge in [-0.15, -0.1) is 0 Å². The number of hydrogen-bond acceptors (Lipinski definition) is 2. The molecule has 0 heterocycles. The van der Waals surface area contributed by atoms with E-state index in [0.717, 1.165) is 36.3 Å². The molecule has 0 saturated heterocycles. The molecule has 0 amide bonds. The van der Waals surface area contributed by atoms with Gasteiger partial charge in [-0.3, -0.25) is 0 Å². The summed E-state index contributed by atoms with van der Waals surface area (Å²) in [6, 6.07) is 0.725. The molecule has 2 nitrogen and oxygen atoms in total. The van der Waals surface area contributed by atoms with E-state index in [0.29, 0.717) is 0 Å². The fourth-order valence-electron chi connectivity index (χ4n) is 3.81. The molecule has 0 bridgehead atoms. The molecular formula is C17H36N2. The van der Waals surface area contributed by atoms with Gasteiger partial charge in [0.15, 0.2) is 0 Å². The molecule has 0 radical (unpaired) electrons. The monoisotopic (exact) mass is 268 g/mol. The van der Waals surface area contributed by atoms with Crippen LogP contribution in [0.15, 0.2) is 0 Å². The average molecular weight is 268 g/mol. The third-order valence-corrected chi connectivity index (χ3v) is 4.99. The molecular weight excluding hydrogens is 232 g/mol. The summed E-state index contributed by atoms with van der Waals surface area (Å²) in [5.74, 6) is 3.38. The Morgan fingerprint density at radius 3 is 2.47 bits per heavy atom. The van der Waals surface area contributed by atoms with E-state index in [2.05, 4.69) is 51.9 Å². The van der Waals surface area contributed by atoms with Crippen molar-refractivity contribution < 1.29 is 0 Å². The minimum Gasteiger partial charge on any atom is -0.314 e. The van der Waals surface area contributed by atoms with E-state index < -0.39 is 0 Å². The van der Waals surface area contributed by atoms with Gasteiger partial charge >= 0.3 is 0 Å². The molecule has 1 fully saturated rings. The summed E-state index contributed by atoms with van der Waals surface area (Å²) >= 11 is 0. The van der Waals surface area contributed by atoms with Gasteiger partial charge in [0.05, 0.1) is 0 Å². The smallest absolute Gasteiger partial charge is 0.0112 e. The van der Waals surface area contributed by atoms with E-state index in [4.69, 9.17) is 0 Å². The van der Waals surface area contributed by atoms with Gasteiger partial charge in [0.1, 0.15) is 0 Å². The standard InChI is InChI=1S/C17H36N2/c1-7-13(3)11-19(6)12-16-15(5)9-14(4)10-17(16)18-8-2/h13-18H,7-12H2,1-6H3. The fourth-order valence-corrected chi connectivity index (χ4v) is 3.81. The normalized spacial score (nSPS) is 33.6. The SMILES string of the molecule is CCNC1CC(C)CC(C)C1CN(C)CC(C)CC. The predicted octanol–water partition coefficient (Wildman–Crippen LogP) is 3.62.